The van der Waals surface area contributed by atoms with Gasteiger partial charge in [-0.15, -0.1) is 0 Å². The predicted octanol–water partition coefficient (Wildman–Crippen LogP) is 3.30. The second-order valence-electron chi connectivity index (χ2n) is 7.44. The Bertz CT molecular complexity index is 522. The molecule has 1 aliphatic carbocycles. The van der Waals surface area contributed by atoms with E-state index in [2.05, 4.69) is 20.8 Å². The molecule has 2 unspecified atom stereocenters. The van der Waals surface area contributed by atoms with Crippen LogP contribution < -0.4 is 10.6 Å². The van der Waals surface area contributed by atoms with Gasteiger partial charge in [-0.2, -0.15) is 4.98 Å². The van der Waals surface area contributed by atoms with Gasteiger partial charge in [0.1, 0.15) is 5.60 Å². The van der Waals surface area contributed by atoms with E-state index in [0.717, 1.165) is 19.3 Å². The summed E-state index contributed by atoms with van der Waals surface area (Å²) in [5, 5.41) is 10.1. The number of aromatic nitrogens is 2. The molecule has 1 aliphatic rings. The summed E-state index contributed by atoms with van der Waals surface area (Å²) in [5.41, 5.74) is -0.478. The number of hydrogen-bond donors (Lipinski definition) is 2. The second kappa shape index (κ2) is 7.19. The number of nitrogens with one attached hydrogen (secondary N) is 2. The van der Waals surface area contributed by atoms with Gasteiger partial charge in [0, 0.05) is 18.5 Å². The first-order chi connectivity index (χ1) is 10.7. The fourth-order valence-corrected chi connectivity index (χ4v) is 2.69. The first-order valence-corrected chi connectivity index (χ1v) is 8.31. The Kier molecular flexibility index (Phi) is 5.49. The van der Waals surface area contributed by atoms with Gasteiger partial charge in [0.25, 0.3) is 0 Å². The summed E-state index contributed by atoms with van der Waals surface area (Å²) in [6, 6.07) is 0.688. The molecule has 23 heavy (non-hydrogen) atoms. The highest BCUT2D eigenvalue weighted by molar-refractivity contribution is 5.67. The van der Waals surface area contributed by atoms with E-state index < -0.39 is 5.60 Å². The van der Waals surface area contributed by atoms with E-state index in [1.807, 2.05) is 34.6 Å². The molecule has 2 N–H and O–H groups in total. The second-order valence-corrected chi connectivity index (χ2v) is 7.44. The summed E-state index contributed by atoms with van der Waals surface area (Å²) in [4.78, 5) is 16.1. The molecule has 0 spiro atoms. The summed E-state index contributed by atoms with van der Waals surface area (Å²) in [5.74, 6) is 1.27. The van der Waals surface area contributed by atoms with Crippen LogP contribution in [0.1, 0.15) is 65.6 Å². The molecule has 7 nitrogen and oxygen atoms in total. The summed E-state index contributed by atoms with van der Waals surface area (Å²) in [6.45, 7) is 10.2. The van der Waals surface area contributed by atoms with Crippen LogP contribution in [0.5, 0.6) is 0 Å². The molecule has 1 aromatic rings. The predicted molar refractivity (Wildman–Crippen MR) is 87.4 cm³/mol. The molecule has 7 heteroatoms. The molecule has 0 radical (unpaired) electrons. The fourth-order valence-electron chi connectivity index (χ4n) is 2.69. The van der Waals surface area contributed by atoms with Crippen molar-refractivity contribution < 1.29 is 14.1 Å². The minimum atomic E-state index is -0.478. The van der Waals surface area contributed by atoms with Gasteiger partial charge < -0.3 is 19.9 Å². The molecule has 1 heterocycles. The number of rotatable bonds is 5. The van der Waals surface area contributed by atoms with Crippen molar-refractivity contribution in [1.82, 2.24) is 15.5 Å². The fraction of sp³-hybridized carbons (Fsp3) is 0.812. The molecule has 1 fully saturated rings. The number of amides is 1. The number of alkyl carbamates (subject to hydrolysis) is 1. The third kappa shape index (κ3) is 5.41. The average molecular weight is 324 g/mol. The number of ether oxygens (including phenoxy) is 1. The maximum atomic E-state index is 11.8. The van der Waals surface area contributed by atoms with Crippen molar-refractivity contribution >= 4 is 12.1 Å². The third-order valence-electron chi connectivity index (χ3n) is 3.83. The molecule has 1 amide bonds. The van der Waals surface area contributed by atoms with Crippen molar-refractivity contribution in [3.8, 4) is 0 Å². The molecule has 130 valence electrons. The monoisotopic (exact) mass is 324 g/mol. The van der Waals surface area contributed by atoms with Crippen LogP contribution in [0.4, 0.5) is 10.8 Å². The Morgan fingerprint density at radius 1 is 1.39 bits per heavy atom. The van der Waals surface area contributed by atoms with Gasteiger partial charge in [-0.25, -0.2) is 4.79 Å². The van der Waals surface area contributed by atoms with Crippen LogP contribution >= 0.6 is 0 Å². The van der Waals surface area contributed by atoms with Crippen molar-refractivity contribution in [2.45, 2.75) is 71.4 Å². The lowest BCUT2D eigenvalue weighted by atomic mass is 10.0. The molecule has 0 aliphatic heterocycles. The first-order valence-electron chi connectivity index (χ1n) is 8.31. The van der Waals surface area contributed by atoms with Gasteiger partial charge in [0.15, 0.2) is 5.82 Å². The van der Waals surface area contributed by atoms with Crippen LogP contribution in [0.2, 0.25) is 0 Å². The van der Waals surface area contributed by atoms with Gasteiger partial charge >= 0.3 is 12.1 Å². The van der Waals surface area contributed by atoms with Crippen LogP contribution in [-0.4, -0.2) is 34.4 Å². The molecule has 0 saturated heterocycles. The normalized spacial score (nSPS) is 21.5. The lowest BCUT2D eigenvalue weighted by molar-refractivity contribution is 0.0519. The smallest absolute Gasteiger partial charge is 0.407 e. The molecule has 2 atom stereocenters. The van der Waals surface area contributed by atoms with Crippen LogP contribution in [0.25, 0.3) is 0 Å². The molecule has 1 aromatic heterocycles. The number of carbonyl (C=O) groups excluding carboxylic acids is 1. The molecule has 0 bridgehead atoms. The summed E-state index contributed by atoms with van der Waals surface area (Å²) < 4.78 is 10.5. The van der Waals surface area contributed by atoms with Crippen molar-refractivity contribution in [2.75, 3.05) is 11.9 Å². The van der Waals surface area contributed by atoms with E-state index >= 15 is 0 Å². The van der Waals surface area contributed by atoms with Gasteiger partial charge in [-0.1, -0.05) is 25.4 Å². The summed E-state index contributed by atoms with van der Waals surface area (Å²) >= 11 is 0. The number of anilines is 1. The van der Waals surface area contributed by atoms with Gasteiger partial charge in [-0.3, -0.25) is 0 Å². The minimum absolute atomic E-state index is 0.227. The van der Waals surface area contributed by atoms with Gasteiger partial charge in [0.2, 0.25) is 0 Å². The zero-order chi connectivity index (χ0) is 17.0. The Morgan fingerprint density at radius 2 is 2.13 bits per heavy atom. The Labute approximate surface area is 137 Å². The van der Waals surface area contributed by atoms with E-state index in [1.165, 1.54) is 0 Å². The third-order valence-corrected chi connectivity index (χ3v) is 3.83. The maximum Gasteiger partial charge on any atom is 0.407 e. The Morgan fingerprint density at radius 3 is 2.74 bits per heavy atom. The largest absolute Gasteiger partial charge is 0.444 e. The molecular weight excluding hydrogens is 296 g/mol. The number of hydrogen-bond acceptors (Lipinski definition) is 6. The van der Waals surface area contributed by atoms with Crippen molar-refractivity contribution in [1.29, 1.82) is 0 Å². The molecular formula is C16H28N4O3. The highest BCUT2D eigenvalue weighted by Gasteiger charge is 2.29. The number of carbonyl (C=O) groups is 1. The van der Waals surface area contributed by atoms with E-state index in [0.29, 0.717) is 24.3 Å². The zero-order valence-electron chi connectivity index (χ0n) is 14.7. The molecule has 1 saturated carbocycles. The minimum Gasteiger partial charge on any atom is -0.444 e. The standard InChI is InChI=1S/C16H28N4O3/c1-10(2)13-19-14(23-20-13)18-12-8-6-7-11(12)9-17-15(21)22-16(3,4)5/h10-12H,6-9H2,1-5H3,(H,17,21)(H,18,19,20). The van der Waals surface area contributed by atoms with Crippen LogP contribution in [0.3, 0.4) is 0 Å². The lowest BCUT2D eigenvalue weighted by Crippen LogP contribution is -2.38. The highest BCUT2D eigenvalue weighted by atomic mass is 16.6. The topological polar surface area (TPSA) is 89.3 Å². The van der Waals surface area contributed by atoms with Crippen molar-refractivity contribution in [2.24, 2.45) is 5.92 Å². The number of nitrogens with zero attached hydrogens (tertiary/aromatic N) is 2. The SMILES string of the molecule is CC(C)c1noc(NC2CCCC2CNC(=O)OC(C)(C)C)n1. The molecule has 0 aromatic carbocycles. The van der Waals surface area contributed by atoms with E-state index in [4.69, 9.17) is 9.26 Å². The van der Waals surface area contributed by atoms with Crippen molar-refractivity contribution in [3.05, 3.63) is 5.82 Å². The van der Waals surface area contributed by atoms with Gasteiger partial charge in [-0.05, 0) is 39.5 Å². The van der Waals surface area contributed by atoms with Crippen molar-refractivity contribution in [3.63, 3.8) is 0 Å². The molecule has 2 rings (SSSR count). The van der Waals surface area contributed by atoms with E-state index in [1.54, 1.807) is 0 Å². The highest BCUT2D eigenvalue weighted by Crippen LogP contribution is 2.28. The van der Waals surface area contributed by atoms with Gasteiger partial charge in [0.05, 0.1) is 0 Å². The maximum absolute atomic E-state index is 11.8. The van der Waals surface area contributed by atoms with Crippen LogP contribution in [-0.2, 0) is 4.74 Å². The summed E-state index contributed by atoms with van der Waals surface area (Å²) in [7, 11) is 0. The summed E-state index contributed by atoms with van der Waals surface area (Å²) in [6.07, 6.45) is 2.82. The van der Waals surface area contributed by atoms with E-state index in [-0.39, 0.29) is 18.1 Å². The lowest BCUT2D eigenvalue weighted by Gasteiger charge is -2.23. The zero-order valence-corrected chi connectivity index (χ0v) is 14.7. The Hall–Kier alpha value is -1.79. The average Bonchev–Trinajstić information content (AvgIpc) is 3.04. The van der Waals surface area contributed by atoms with Crippen LogP contribution in [0.15, 0.2) is 4.52 Å². The van der Waals surface area contributed by atoms with E-state index in [9.17, 15) is 4.79 Å². The van der Waals surface area contributed by atoms with Crippen LogP contribution in [0, 0.1) is 5.92 Å². The first kappa shape index (κ1) is 17.6. The quantitative estimate of drug-likeness (QED) is 0.864. The Balaban J connectivity index is 1.84.